The molecular formula is C24H30F4N4O6. The van der Waals surface area contributed by atoms with Crippen molar-refractivity contribution < 1.29 is 46.0 Å². The van der Waals surface area contributed by atoms with Gasteiger partial charge in [-0.3, -0.25) is 23.9 Å². The lowest BCUT2D eigenvalue weighted by Crippen LogP contribution is -2.54. The molecule has 1 aromatic heterocycles. The van der Waals surface area contributed by atoms with Crippen LogP contribution in [0.25, 0.3) is 0 Å². The fourth-order valence-corrected chi connectivity index (χ4v) is 5.59. The largest absolute Gasteiger partial charge is 0.522 e. The number of carbonyl (C=O) groups is 4. The molecule has 210 valence electrons. The summed E-state index contributed by atoms with van der Waals surface area (Å²) in [7, 11) is 0. The van der Waals surface area contributed by atoms with Crippen LogP contribution in [0.1, 0.15) is 62.2 Å². The van der Waals surface area contributed by atoms with E-state index in [1.807, 2.05) is 0 Å². The van der Waals surface area contributed by atoms with Crippen LogP contribution in [0.5, 0.6) is 0 Å². The number of likely N-dealkylation sites (tertiary alicyclic amines) is 1. The van der Waals surface area contributed by atoms with Crippen molar-refractivity contribution in [3.63, 3.8) is 0 Å². The Morgan fingerprint density at radius 3 is 2.58 bits per heavy atom. The topological polar surface area (TPSA) is 131 Å². The highest BCUT2D eigenvalue weighted by molar-refractivity contribution is 5.98. The average molecular weight is 547 g/mol. The first-order chi connectivity index (χ1) is 17.7. The van der Waals surface area contributed by atoms with Crippen LogP contribution in [0.15, 0.2) is 10.6 Å². The number of ketones is 1. The summed E-state index contributed by atoms with van der Waals surface area (Å²) in [6.45, 7) is 1.72. The number of aromatic nitrogens is 1. The van der Waals surface area contributed by atoms with Crippen molar-refractivity contribution in [3.05, 3.63) is 17.5 Å². The van der Waals surface area contributed by atoms with E-state index in [9.17, 15) is 36.7 Å². The Labute approximate surface area is 215 Å². The lowest BCUT2D eigenvalue weighted by molar-refractivity contribution is -0.321. The van der Waals surface area contributed by atoms with Crippen molar-refractivity contribution in [3.8, 4) is 0 Å². The van der Waals surface area contributed by atoms with Gasteiger partial charge in [-0.05, 0) is 51.4 Å². The van der Waals surface area contributed by atoms with Gasteiger partial charge in [-0.2, -0.15) is 0 Å². The van der Waals surface area contributed by atoms with Crippen molar-refractivity contribution in [1.29, 1.82) is 0 Å². The summed E-state index contributed by atoms with van der Waals surface area (Å²) in [6, 6.07) is -1.28. The predicted molar refractivity (Wildman–Crippen MR) is 121 cm³/mol. The van der Waals surface area contributed by atoms with Gasteiger partial charge >= 0.3 is 6.36 Å². The molecule has 1 unspecified atom stereocenters. The fraction of sp³-hybridized carbons (Fsp3) is 0.708. The Hall–Kier alpha value is -3.03. The second-order valence-corrected chi connectivity index (χ2v) is 10.6. The average Bonchev–Trinajstić information content (AvgIpc) is 3.60. The first-order valence-electron chi connectivity index (χ1n) is 12.5. The van der Waals surface area contributed by atoms with E-state index in [0.717, 1.165) is 12.8 Å². The van der Waals surface area contributed by atoms with Crippen molar-refractivity contribution in [2.75, 3.05) is 19.7 Å². The van der Waals surface area contributed by atoms with E-state index < -0.39 is 54.2 Å². The molecule has 4 rings (SSSR count). The first-order valence-corrected chi connectivity index (χ1v) is 12.5. The Kier molecular flexibility index (Phi) is 7.82. The Balaban J connectivity index is 1.54. The summed E-state index contributed by atoms with van der Waals surface area (Å²) in [6.07, 6.45) is -2.67. The normalized spacial score (nSPS) is 26.3. The van der Waals surface area contributed by atoms with Gasteiger partial charge in [-0.15, -0.1) is 13.2 Å². The summed E-state index contributed by atoms with van der Waals surface area (Å²) in [5.74, 6) is -3.84. The second kappa shape index (κ2) is 10.6. The van der Waals surface area contributed by atoms with E-state index in [-0.39, 0.29) is 42.2 Å². The van der Waals surface area contributed by atoms with Crippen LogP contribution in [-0.2, 0) is 24.8 Å². The number of nitrogens with zero attached hydrogens (tertiary/aromatic N) is 2. The molecule has 2 N–H and O–H groups in total. The van der Waals surface area contributed by atoms with Gasteiger partial charge in [0.15, 0.2) is 22.9 Å². The molecule has 38 heavy (non-hydrogen) atoms. The van der Waals surface area contributed by atoms with Crippen LogP contribution in [-0.4, -0.2) is 71.7 Å². The second-order valence-electron chi connectivity index (χ2n) is 10.6. The minimum absolute atomic E-state index is 0.00186. The van der Waals surface area contributed by atoms with E-state index in [0.29, 0.717) is 19.4 Å². The predicted octanol–water partition coefficient (Wildman–Crippen LogP) is 2.24. The van der Waals surface area contributed by atoms with E-state index in [2.05, 4.69) is 20.5 Å². The number of Topliss-reactive ketones (excluding diaryl/α,β-unsaturated/α-hetero) is 1. The number of amides is 3. The third-order valence-corrected chi connectivity index (χ3v) is 7.50. The zero-order valence-electron chi connectivity index (χ0n) is 21.0. The Morgan fingerprint density at radius 1 is 1.24 bits per heavy atom. The van der Waals surface area contributed by atoms with Crippen molar-refractivity contribution >= 4 is 23.5 Å². The number of ether oxygens (including phenoxy) is 1. The molecule has 2 saturated heterocycles. The number of nitrogens with one attached hydrogen (secondary N) is 2. The summed E-state index contributed by atoms with van der Waals surface area (Å²) < 4.78 is 60.6. The van der Waals surface area contributed by atoms with Crippen molar-refractivity contribution in [2.24, 2.45) is 17.8 Å². The number of carbonyl (C=O) groups excluding carboxylic acids is 4. The van der Waals surface area contributed by atoms with Gasteiger partial charge in [-0.1, -0.05) is 11.6 Å². The van der Waals surface area contributed by atoms with Crippen LogP contribution < -0.4 is 10.6 Å². The number of rotatable bonds is 9. The monoisotopic (exact) mass is 546 g/mol. The number of alkyl halides is 4. The number of halogens is 4. The highest BCUT2D eigenvalue weighted by Gasteiger charge is 2.50. The summed E-state index contributed by atoms with van der Waals surface area (Å²) in [4.78, 5) is 52.9. The summed E-state index contributed by atoms with van der Waals surface area (Å²) in [5, 5.41) is 8.77. The molecule has 0 radical (unpaired) electrons. The minimum Gasteiger partial charge on any atom is -0.357 e. The number of hydrogen-bond donors (Lipinski definition) is 2. The molecule has 10 nitrogen and oxygen atoms in total. The van der Waals surface area contributed by atoms with E-state index in [1.165, 1.54) is 24.8 Å². The Morgan fingerprint density at radius 2 is 1.97 bits per heavy atom. The first kappa shape index (κ1) is 28.0. The van der Waals surface area contributed by atoms with Crippen LogP contribution in [0.4, 0.5) is 17.6 Å². The van der Waals surface area contributed by atoms with Gasteiger partial charge in [-0.25, -0.2) is 4.39 Å². The van der Waals surface area contributed by atoms with Crippen LogP contribution in [0, 0.1) is 17.8 Å². The molecular weight excluding hydrogens is 516 g/mol. The van der Waals surface area contributed by atoms with Crippen LogP contribution >= 0.6 is 0 Å². The SMILES string of the molecule is CC(C)(F)c1cc(C(=O)N2C[C@@H]3CCC[C@@H]3[C@H]2C(=O)NC(C[C@@H]2CCNC2=O)C(=O)COC(F)(F)F)no1. The summed E-state index contributed by atoms with van der Waals surface area (Å²) >= 11 is 0. The molecule has 5 atom stereocenters. The van der Waals surface area contributed by atoms with Crippen molar-refractivity contribution in [2.45, 2.75) is 70.1 Å². The smallest absolute Gasteiger partial charge is 0.357 e. The maximum absolute atomic E-state index is 14.3. The van der Waals surface area contributed by atoms with Gasteiger partial charge in [0.25, 0.3) is 5.91 Å². The lowest BCUT2D eigenvalue weighted by Gasteiger charge is -2.29. The van der Waals surface area contributed by atoms with Gasteiger partial charge in [0.05, 0.1) is 6.04 Å². The lowest BCUT2D eigenvalue weighted by atomic mass is 9.92. The van der Waals surface area contributed by atoms with E-state index >= 15 is 0 Å². The molecule has 0 aromatic carbocycles. The minimum atomic E-state index is -5.05. The molecule has 14 heteroatoms. The molecule has 1 aliphatic carbocycles. The van der Waals surface area contributed by atoms with E-state index in [4.69, 9.17) is 4.52 Å². The molecule has 0 spiro atoms. The van der Waals surface area contributed by atoms with Gasteiger partial charge < -0.3 is 20.1 Å². The number of fused-ring (bicyclic) bond motifs is 1. The zero-order chi connectivity index (χ0) is 27.8. The molecule has 3 amide bonds. The molecule has 3 fully saturated rings. The quantitative estimate of drug-likeness (QED) is 0.454. The highest BCUT2D eigenvalue weighted by Crippen LogP contribution is 2.43. The van der Waals surface area contributed by atoms with E-state index in [1.54, 1.807) is 0 Å². The zero-order valence-corrected chi connectivity index (χ0v) is 21.0. The van der Waals surface area contributed by atoms with Gasteiger partial charge in [0, 0.05) is 25.1 Å². The van der Waals surface area contributed by atoms with Gasteiger partial charge in [0.2, 0.25) is 11.8 Å². The molecule has 3 aliphatic rings. The third-order valence-electron chi connectivity index (χ3n) is 7.50. The van der Waals surface area contributed by atoms with Crippen LogP contribution in [0.2, 0.25) is 0 Å². The van der Waals surface area contributed by atoms with Gasteiger partial charge in [0.1, 0.15) is 12.6 Å². The maximum Gasteiger partial charge on any atom is 0.522 e. The fourth-order valence-electron chi connectivity index (χ4n) is 5.59. The molecule has 0 bridgehead atoms. The summed E-state index contributed by atoms with van der Waals surface area (Å²) in [5.41, 5.74) is -2.07. The third kappa shape index (κ3) is 6.16. The molecule has 1 aromatic rings. The number of hydrogen-bond acceptors (Lipinski definition) is 7. The maximum atomic E-state index is 14.3. The standard InChI is InChI=1S/C24H30F4N4O6/c1-23(2,25)18-9-16(31-38-18)22(36)32-10-13-4-3-5-14(13)19(32)21(35)30-15(8-12-6-7-29-20(12)34)17(33)11-37-24(26,27)28/h9,12-15,19H,3-8,10-11H2,1-2H3,(H,29,34)(H,30,35)/t12-,13-,14-,15?,19-/m0/s1. The van der Waals surface area contributed by atoms with Crippen LogP contribution in [0.3, 0.4) is 0 Å². The molecule has 2 aliphatic heterocycles. The highest BCUT2D eigenvalue weighted by atomic mass is 19.4. The molecule has 3 heterocycles. The van der Waals surface area contributed by atoms with Crippen molar-refractivity contribution in [1.82, 2.24) is 20.7 Å². The Bertz CT molecular complexity index is 1080. The molecule has 1 saturated carbocycles.